The van der Waals surface area contributed by atoms with Crippen molar-refractivity contribution >= 4 is 16.0 Å². The summed E-state index contributed by atoms with van der Waals surface area (Å²) < 4.78 is 47.4. The van der Waals surface area contributed by atoms with Crippen molar-refractivity contribution in [2.75, 3.05) is 26.1 Å². The molecule has 0 aliphatic carbocycles. The van der Waals surface area contributed by atoms with E-state index in [9.17, 15) is 8.42 Å². The van der Waals surface area contributed by atoms with Crippen LogP contribution in [-0.2, 0) is 10.0 Å². The number of benzene rings is 1. The number of hydrogen-bond acceptors (Lipinski definition) is 10. The first-order chi connectivity index (χ1) is 17.8. The zero-order chi connectivity index (χ0) is 26.6. The van der Waals surface area contributed by atoms with Crippen LogP contribution in [0.5, 0.6) is 17.2 Å². The van der Waals surface area contributed by atoms with Crippen molar-refractivity contribution in [2.45, 2.75) is 25.0 Å². The van der Waals surface area contributed by atoms with E-state index < -0.39 is 21.2 Å². The Morgan fingerprint density at radius 3 is 2.14 bits per heavy atom. The van der Waals surface area contributed by atoms with E-state index in [1.54, 1.807) is 56.6 Å². The molecule has 0 aliphatic heterocycles. The molecule has 0 aliphatic rings. The Hall–Kier alpha value is -4.26. The lowest BCUT2D eigenvalue weighted by atomic mass is 10.1. The number of sulfonamides is 1. The molecule has 4 rings (SSSR count). The Balaban J connectivity index is 1.79. The van der Waals surface area contributed by atoms with Crippen LogP contribution in [0.2, 0.25) is 0 Å². The van der Waals surface area contributed by atoms with Gasteiger partial charge in [-0.1, -0.05) is 13.0 Å². The molecule has 13 heteroatoms. The van der Waals surface area contributed by atoms with Crippen molar-refractivity contribution in [3.8, 4) is 34.3 Å². The van der Waals surface area contributed by atoms with Gasteiger partial charge in [0.1, 0.15) is 23.0 Å². The van der Waals surface area contributed by atoms with E-state index in [-0.39, 0.29) is 5.95 Å². The second-order valence-electron chi connectivity index (χ2n) is 8.06. The summed E-state index contributed by atoms with van der Waals surface area (Å²) in [6.07, 6.45) is 6.22. The first-order valence-electron chi connectivity index (χ1n) is 11.3. The summed E-state index contributed by atoms with van der Waals surface area (Å²) in [7, 11) is 0.526. The number of aromatic nitrogens is 6. The van der Waals surface area contributed by atoms with Crippen LogP contribution in [0.3, 0.4) is 0 Å². The molecule has 37 heavy (non-hydrogen) atoms. The Bertz CT molecular complexity index is 1440. The molecule has 3 aromatic heterocycles. The maximum absolute atomic E-state index is 13.5. The fraction of sp³-hybridized carbons (Fsp3) is 0.292. The third-order valence-electron chi connectivity index (χ3n) is 5.93. The van der Waals surface area contributed by atoms with E-state index in [1.807, 2.05) is 0 Å². The molecule has 12 nitrogen and oxygen atoms in total. The average Bonchev–Trinajstić information content (AvgIpc) is 3.34. The Kier molecular flexibility index (Phi) is 7.53. The van der Waals surface area contributed by atoms with Gasteiger partial charge in [0.05, 0.1) is 39.0 Å². The number of ether oxygens (including phenoxy) is 3. The topological polar surface area (TPSA) is 143 Å². The zero-order valence-electron chi connectivity index (χ0n) is 21.0. The van der Waals surface area contributed by atoms with Crippen LogP contribution in [0.1, 0.15) is 25.6 Å². The van der Waals surface area contributed by atoms with E-state index in [2.05, 4.69) is 29.9 Å². The summed E-state index contributed by atoms with van der Waals surface area (Å²) in [4.78, 5) is 12.6. The minimum atomic E-state index is -4.00. The highest BCUT2D eigenvalue weighted by atomic mass is 32.2. The van der Waals surface area contributed by atoms with Crippen molar-refractivity contribution < 1.29 is 22.6 Å². The van der Waals surface area contributed by atoms with Crippen LogP contribution >= 0.6 is 0 Å². The fourth-order valence-electron chi connectivity index (χ4n) is 3.66. The summed E-state index contributed by atoms with van der Waals surface area (Å²) in [5.74, 6) is 1.45. The molecule has 1 aromatic carbocycles. The standard InChI is InChI=1S/C24H27N7O5S/c1-15(22-26-13-18(34-3)14-27-22)16(2)37(32,33)30-24-29-28-23(17-8-7-11-25-12-17)31(24)21-19(35-4)9-6-10-20(21)36-5/h6-16H,1-5H3,(H,29,30)/t15-,16-/m0/s1. The molecule has 3 heterocycles. The molecule has 0 fully saturated rings. The molecule has 2 atom stereocenters. The number of hydrogen-bond donors (Lipinski definition) is 1. The van der Waals surface area contributed by atoms with E-state index in [0.717, 1.165) is 0 Å². The molecule has 0 saturated heterocycles. The van der Waals surface area contributed by atoms with Crippen LogP contribution in [0.25, 0.3) is 17.1 Å². The van der Waals surface area contributed by atoms with Crippen LogP contribution in [0.15, 0.2) is 55.1 Å². The van der Waals surface area contributed by atoms with Crippen LogP contribution < -0.4 is 18.9 Å². The molecule has 0 radical (unpaired) electrons. The molecule has 0 unspecified atom stereocenters. The lowest BCUT2D eigenvalue weighted by molar-refractivity contribution is 0.391. The smallest absolute Gasteiger partial charge is 0.243 e. The second kappa shape index (κ2) is 10.8. The fourth-order valence-corrected chi connectivity index (χ4v) is 4.89. The summed E-state index contributed by atoms with van der Waals surface area (Å²) in [5, 5.41) is 7.53. The van der Waals surface area contributed by atoms with Crippen molar-refractivity contribution in [3.63, 3.8) is 0 Å². The van der Waals surface area contributed by atoms with Crippen LogP contribution in [0, 0.1) is 0 Å². The van der Waals surface area contributed by atoms with Gasteiger partial charge < -0.3 is 14.2 Å². The molecule has 194 valence electrons. The third kappa shape index (κ3) is 5.16. The van der Waals surface area contributed by atoms with E-state index in [4.69, 9.17) is 14.2 Å². The normalized spacial score (nSPS) is 13.0. The van der Waals surface area contributed by atoms with E-state index in [0.29, 0.717) is 40.1 Å². The molecule has 1 N–H and O–H groups in total. The number of para-hydroxylation sites is 1. The maximum atomic E-state index is 13.5. The monoisotopic (exact) mass is 525 g/mol. The highest BCUT2D eigenvalue weighted by Gasteiger charge is 2.32. The summed E-state index contributed by atoms with van der Waals surface area (Å²) >= 11 is 0. The number of rotatable bonds is 10. The van der Waals surface area contributed by atoms with Gasteiger partial charge >= 0.3 is 0 Å². The molecular formula is C24H27N7O5S. The summed E-state index contributed by atoms with van der Waals surface area (Å²) in [6.45, 7) is 3.31. The first kappa shape index (κ1) is 25.8. The van der Waals surface area contributed by atoms with Crippen molar-refractivity contribution in [3.05, 3.63) is 60.9 Å². The Morgan fingerprint density at radius 1 is 0.892 bits per heavy atom. The average molecular weight is 526 g/mol. The van der Waals surface area contributed by atoms with Gasteiger partial charge in [-0.2, -0.15) is 0 Å². The predicted molar refractivity (Wildman–Crippen MR) is 137 cm³/mol. The largest absolute Gasteiger partial charge is 0.494 e. The van der Waals surface area contributed by atoms with Gasteiger partial charge in [-0.15, -0.1) is 10.2 Å². The second-order valence-corrected chi connectivity index (χ2v) is 10.1. The van der Waals surface area contributed by atoms with Crippen LogP contribution in [-0.4, -0.2) is 64.7 Å². The number of anilines is 1. The molecule has 4 aromatic rings. The maximum Gasteiger partial charge on any atom is 0.243 e. The molecule has 0 amide bonds. The minimum Gasteiger partial charge on any atom is -0.494 e. The van der Waals surface area contributed by atoms with Crippen LogP contribution in [0.4, 0.5) is 5.95 Å². The summed E-state index contributed by atoms with van der Waals surface area (Å²) in [6, 6.07) is 8.76. The van der Waals surface area contributed by atoms with Gasteiger partial charge in [-0.25, -0.2) is 18.4 Å². The molecule has 0 saturated carbocycles. The number of nitrogens with zero attached hydrogens (tertiary/aromatic N) is 6. The highest BCUT2D eigenvalue weighted by molar-refractivity contribution is 7.93. The lowest BCUT2D eigenvalue weighted by Crippen LogP contribution is -2.31. The number of nitrogens with one attached hydrogen (secondary N) is 1. The molecular weight excluding hydrogens is 498 g/mol. The van der Waals surface area contributed by atoms with Crippen molar-refractivity contribution in [1.82, 2.24) is 29.7 Å². The van der Waals surface area contributed by atoms with Gasteiger partial charge in [-0.05, 0) is 31.2 Å². The van der Waals surface area contributed by atoms with Gasteiger partial charge in [0.2, 0.25) is 16.0 Å². The van der Waals surface area contributed by atoms with Crippen molar-refractivity contribution in [1.29, 1.82) is 0 Å². The summed E-state index contributed by atoms with van der Waals surface area (Å²) in [5.41, 5.74) is 1.04. The Labute approximate surface area is 214 Å². The van der Waals surface area contributed by atoms with Gasteiger partial charge in [-0.3, -0.25) is 14.3 Å². The minimum absolute atomic E-state index is 0.0450. The number of methoxy groups -OCH3 is 3. The van der Waals surface area contributed by atoms with Gasteiger partial charge in [0, 0.05) is 23.9 Å². The predicted octanol–water partition coefficient (Wildman–Crippen LogP) is 3.08. The zero-order valence-corrected chi connectivity index (χ0v) is 21.8. The Morgan fingerprint density at radius 2 is 1.57 bits per heavy atom. The SMILES string of the molecule is COc1cnc([C@@H](C)[C@H](C)S(=O)(=O)Nc2nnc(-c3cccnc3)n2-c2c(OC)cccc2OC)nc1. The van der Waals surface area contributed by atoms with Gasteiger partial charge in [0.25, 0.3) is 0 Å². The quantitative estimate of drug-likeness (QED) is 0.328. The highest BCUT2D eigenvalue weighted by Crippen LogP contribution is 2.38. The number of pyridine rings is 1. The van der Waals surface area contributed by atoms with E-state index in [1.165, 1.54) is 38.3 Å². The first-order valence-corrected chi connectivity index (χ1v) is 12.8. The van der Waals surface area contributed by atoms with E-state index >= 15 is 0 Å². The van der Waals surface area contributed by atoms with Crippen molar-refractivity contribution in [2.24, 2.45) is 0 Å². The van der Waals surface area contributed by atoms with Gasteiger partial charge in [0.15, 0.2) is 11.6 Å². The lowest BCUT2D eigenvalue weighted by Gasteiger charge is -2.21. The third-order valence-corrected chi connectivity index (χ3v) is 7.78. The molecule has 0 bridgehead atoms. The molecule has 0 spiro atoms.